The van der Waals surface area contributed by atoms with Crippen LogP contribution in [0.5, 0.6) is 0 Å². The summed E-state index contributed by atoms with van der Waals surface area (Å²) in [6, 6.07) is 10.8. The van der Waals surface area contributed by atoms with Crippen LogP contribution in [-0.4, -0.2) is 66.3 Å². The molecule has 3 aromatic rings. The highest BCUT2D eigenvalue weighted by atomic mass is 32.1. The second-order valence-corrected chi connectivity index (χ2v) is 10.2. The van der Waals surface area contributed by atoms with Crippen LogP contribution in [0.4, 0.5) is 16.6 Å². The van der Waals surface area contributed by atoms with Crippen molar-refractivity contribution in [2.24, 2.45) is 5.92 Å². The standard InChI is InChI=1S/C25H32N6O2S/c1-17(2)21-16-33-25(32)31(21)23-22-20(8-14-34-22)28-24(29-23)27-9-7-18-3-5-19(6-4-18)15-30-12-10-26-11-13-30/h3-6,8,14,17,21,26H,7,9-13,15-16H2,1-2H3,(H,27,28,29)/t21-/m1/s1. The number of ether oxygens (including phenoxy) is 1. The maximum atomic E-state index is 12.5. The van der Waals surface area contributed by atoms with Gasteiger partial charge >= 0.3 is 6.09 Å². The lowest BCUT2D eigenvalue weighted by Gasteiger charge is -2.27. The van der Waals surface area contributed by atoms with Gasteiger partial charge in [-0.1, -0.05) is 38.1 Å². The molecule has 8 nitrogen and oxygen atoms in total. The number of nitrogens with zero attached hydrogens (tertiary/aromatic N) is 4. The second kappa shape index (κ2) is 10.2. The number of amides is 1. The number of hydrogen-bond donors (Lipinski definition) is 2. The summed E-state index contributed by atoms with van der Waals surface area (Å²) in [7, 11) is 0. The van der Waals surface area contributed by atoms with E-state index < -0.39 is 0 Å². The fraction of sp³-hybridized carbons (Fsp3) is 0.480. The van der Waals surface area contributed by atoms with E-state index in [-0.39, 0.29) is 18.1 Å². The van der Waals surface area contributed by atoms with E-state index in [1.807, 2.05) is 11.4 Å². The number of piperazine rings is 1. The number of rotatable bonds is 8. The van der Waals surface area contributed by atoms with Crippen LogP contribution >= 0.6 is 11.3 Å². The van der Waals surface area contributed by atoms with Crippen LogP contribution in [0.3, 0.4) is 0 Å². The summed E-state index contributed by atoms with van der Waals surface area (Å²) in [5, 5.41) is 8.75. The van der Waals surface area contributed by atoms with Gasteiger partial charge in [0.2, 0.25) is 5.95 Å². The van der Waals surface area contributed by atoms with Crippen molar-refractivity contribution in [2.45, 2.75) is 32.9 Å². The number of cyclic esters (lactones) is 1. The van der Waals surface area contributed by atoms with Gasteiger partial charge in [0.25, 0.3) is 0 Å². The highest BCUT2D eigenvalue weighted by Gasteiger charge is 2.38. The molecule has 180 valence electrons. The maximum Gasteiger partial charge on any atom is 0.415 e. The number of hydrogen-bond acceptors (Lipinski definition) is 8. The van der Waals surface area contributed by atoms with Crippen LogP contribution in [0.1, 0.15) is 25.0 Å². The van der Waals surface area contributed by atoms with Crippen molar-refractivity contribution in [3.63, 3.8) is 0 Å². The zero-order chi connectivity index (χ0) is 23.5. The average Bonchev–Trinajstić information content (AvgIpc) is 3.47. The van der Waals surface area contributed by atoms with E-state index in [1.165, 1.54) is 11.1 Å². The Kier molecular flexibility index (Phi) is 6.94. The third-order valence-electron chi connectivity index (χ3n) is 6.52. The Morgan fingerprint density at radius 1 is 1.15 bits per heavy atom. The Morgan fingerprint density at radius 3 is 2.68 bits per heavy atom. The molecule has 1 atom stereocenters. The molecule has 2 aliphatic rings. The number of aromatic nitrogens is 2. The predicted molar refractivity (Wildman–Crippen MR) is 137 cm³/mol. The van der Waals surface area contributed by atoms with Crippen molar-refractivity contribution in [3.8, 4) is 0 Å². The van der Waals surface area contributed by atoms with Gasteiger partial charge in [-0.3, -0.25) is 9.80 Å². The molecule has 0 unspecified atom stereocenters. The number of fused-ring (bicyclic) bond motifs is 1. The molecule has 0 radical (unpaired) electrons. The van der Waals surface area contributed by atoms with E-state index in [9.17, 15) is 4.79 Å². The Hall–Kier alpha value is -2.75. The number of anilines is 2. The third kappa shape index (κ3) is 5.01. The summed E-state index contributed by atoms with van der Waals surface area (Å²) in [6.07, 6.45) is 0.535. The first kappa shape index (κ1) is 23.0. The lowest BCUT2D eigenvalue weighted by Crippen LogP contribution is -2.42. The predicted octanol–water partition coefficient (Wildman–Crippen LogP) is 3.73. The number of benzene rings is 1. The van der Waals surface area contributed by atoms with Crippen LogP contribution in [0.2, 0.25) is 0 Å². The molecule has 1 amide bonds. The van der Waals surface area contributed by atoms with E-state index in [0.29, 0.717) is 24.9 Å². The zero-order valence-electron chi connectivity index (χ0n) is 19.8. The zero-order valence-corrected chi connectivity index (χ0v) is 20.6. The van der Waals surface area contributed by atoms with Gasteiger partial charge in [0.15, 0.2) is 5.82 Å². The second-order valence-electron chi connectivity index (χ2n) is 9.28. The lowest BCUT2D eigenvalue weighted by molar-refractivity contribution is 0.177. The molecule has 0 bridgehead atoms. The SMILES string of the molecule is CC(C)[C@H]1COC(=O)N1c1nc(NCCc2ccc(CN3CCNCC3)cc2)nc2ccsc12. The molecule has 4 heterocycles. The summed E-state index contributed by atoms with van der Waals surface area (Å²) in [5.41, 5.74) is 3.47. The summed E-state index contributed by atoms with van der Waals surface area (Å²) in [5.74, 6) is 1.45. The Bertz CT molecular complexity index is 1130. The van der Waals surface area contributed by atoms with Gasteiger partial charge in [0, 0.05) is 39.3 Å². The molecule has 34 heavy (non-hydrogen) atoms. The van der Waals surface area contributed by atoms with Crippen molar-refractivity contribution >= 4 is 39.4 Å². The molecular weight excluding hydrogens is 448 g/mol. The van der Waals surface area contributed by atoms with Gasteiger partial charge < -0.3 is 15.4 Å². The molecule has 2 saturated heterocycles. The minimum atomic E-state index is -0.334. The lowest BCUT2D eigenvalue weighted by atomic mass is 10.0. The summed E-state index contributed by atoms with van der Waals surface area (Å²) < 4.78 is 6.27. The Labute approximate surface area is 204 Å². The van der Waals surface area contributed by atoms with Crippen LogP contribution in [0.15, 0.2) is 35.7 Å². The first-order chi connectivity index (χ1) is 16.6. The molecule has 2 fully saturated rings. The van der Waals surface area contributed by atoms with Crippen LogP contribution in [0.25, 0.3) is 10.2 Å². The maximum absolute atomic E-state index is 12.5. The number of carbonyl (C=O) groups is 1. The molecule has 2 aromatic heterocycles. The molecule has 9 heteroatoms. The first-order valence-corrected chi connectivity index (χ1v) is 12.9. The average molecular weight is 481 g/mol. The Balaban J connectivity index is 1.24. The monoisotopic (exact) mass is 480 g/mol. The molecule has 0 aliphatic carbocycles. The smallest absolute Gasteiger partial charge is 0.415 e. The van der Waals surface area contributed by atoms with Crippen LogP contribution in [0, 0.1) is 5.92 Å². The first-order valence-electron chi connectivity index (χ1n) is 12.0. The highest BCUT2D eigenvalue weighted by molar-refractivity contribution is 7.17. The molecular formula is C25H32N6O2S. The highest BCUT2D eigenvalue weighted by Crippen LogP contribution is 2.34. The van der Waals surface area contributed by atoms with Gasteiger partial charge in [-0.05, 0) is 34.9 Å². The summed E-state index contributed by atoms with van der Waals surface area (Å²) >= 11 is 1.55. The third-order valence-corrected chi connectivity index (χ3v) is 7.42. The number of thiophene rings is 1. The minimum Gasteiger partial charge on any atom is -0.447 e. The van der Waals surface area contributed by atoms with E-state index in [0.717, 1.165) is 49.4 Å². The van der Waals surface area contributed by atoms with E-state index >= 15 is 0 Å². The van der Waals surface area contributed by atoms with Gasteiger partial charge in [0.1, 0.15) is 6.61 Å². The minimum absolute atomic E-state index is 0.0275. The van der Waals surface area contributed by atoms with E-state index in [4.69, 9.17) is 9.72 Å². The van der Waals surface area contributed by atoms with Crippen LogP contribution in [-0.2, 0) is 17.7 Å². The Morgan fingerprint density at radius 2 is 1.91 bits per heavy atom. The van der Waals surface area contributed by atoms with Gasteiger partial charge in [-0.25, -0.2) is 9.78 Å². The summed E-state index contributed by atoms with van der Waals surface area (Å²) in [4.78, 5) is 26.2. The van der Waals surface area contributed by atoms with Gasteiger partial charge in [0.05, 0.1) is 16.3 Å². The molecule has 2 N–H and O–H groups in total. The van der Waals surface area contributed by atoms with E-state index in [2.05, 4.69) is 58.6 Å². The van der Waals surface area contributed by atoms with Crippen molar-refractivity contribution in [3.05, 3.63) is 46.8 Å². The largest absolute Gasteiger partial charge is 0.447 e. The van der Waals surface area contributed by atoms with Gasteiger partial charge in [-0.15, -0.1) is 11.3 Å². The van der Waals surface area contributed by atoms with Crippen LogP contribution < -0.4 is 15.5 Å². The topological polar surface area (TPSA) is 82.6 Å². The fourth-order valence-electron chi connectivity index (χ4n) is 4.52. The summed E-state index contributed by atoms with van der Waals surface area (Å²) in [6.45, 7) is 10.7. The molecule has 1 aromatic carbocycles. The van der Waals surface area contributed by atoms with Gasteiger partial charge in [-0.2, -0.15) is 4.98 Å². The molecule has 2 aliphatic heterocycles. The number of nitrogens with one attached hydrogen (secondary N) is 2. The molecule has 0 spiro atoms. The molecule has 5 rings (SSSR count). The van der Waals surface area contributed by atoms with Crippen molar-refractivity contribution in [2.75, 3.05) is 49.5 Å². The normalized spacial score (nSPS) is 19.2. The molecule has 0 saturated carbocycles. The quantitative estimate of drug-likeness (QED) is 0.508. The van der Waals surface area contributed by atoms with Crippen molar-refractivity contribution in [1.29, 1.82) is 0 Å². The van der Waals surface area contributed by atoms with Crippen molar-refractivity contribution < 1.29 is 9.53 Å². The fourth-order valence-corrected chi connectivity index (χ4v) is 5.33. The van der Waals surface area contributed by atoms with E-state index in [1.54, 1.807) is 16.2 Å². The number of carbonyl (C=O) groups excluding carboxylic acids is 1. The van der Waals surface area contributed by atoms with Crippen molar-refractivity contribution in [1.82, 2.24) is 20.2 Å².